The van der Waals surface area contributed by atoms with Crippen LogP contribution < -0.4 is 0 Å². The summed E-state index contributed by atoms with van der Waals surface area (Å²) in [7, 11) is 0. The highest BCUT2D eigenvalue weighted by Gasteiger charge is 1.98. The Morgan fingerprint density at radius 2 is 2.67 bits per heavy atom. The van der Waals surface area contributed by atoms with Gasteiger partial charge in [-0.15, -0.1) is 0 Å². The van der Waals surface area contributed by atoms with E-state index in [2.05, 4.69) is 10.4 Å². The van der Waals surface area contributed by atoms with Gasteiger partial charge >= 0.3 is 0 Å². The standard InChI is InChI=1S/C5H2ClN2S/c6-4-3-9-5-7-1-2-8(4)5/h1-2H. The van der Waals surface area contributed by atoms with Crippen molar-refractivity contribution in [2.45, 2.75) is 0 Å². The Balaban J connectivity index is 2.99. The SMILES string of the molecule is Clc1[c]sc2nccn12. The van der Waals surface area contributed by atoms with Crippen molar-refractivity contribution < 1.29 is 0 Å². The second-order valence-corrected chi connectivity index (χ2v) is 2.71. The van der Waals surface area contributed by atoms with Crippen LogP contribution in [-0.2, 0) is 0 Å². The highest BCUT2D eigenvalue weighted by molar-refractivity contribution is 7.15. The first-order valence-electron chi connectivity index (χ1n) is 2.37. The van der Waals surface area contributed by atoms with Crippen LogP contribution in [0.4, 0.5) is 0 Å². The summed E-state index contributed by atoms with van der Waals surface area (Å²) in [6.07, 6.45) is 3.52. The highest BCUT2D eigenvalue weighted by atomic mass is 35.5. The summed E-state index contributed by atoms with van der Waals surface area (Å²) in [5, 5.41) is 3.47. The minimum atomic E-state index is 0.604. The smallest absolute Gasteiger partial charge is 0.195 e. The van der Waals surface area contributed by atoms with Gasteiger partial charge in [0.15, 0.2) is 4.96 Å². The van der Waals surface area contributed by atoms with E-state index in [1.54, 1.807) is 10.6 Å². The molecule has 1 radical (unpaired) electrons. The molecule has 2 aromatic heterocycles. The molecule has 45 valence electrons. The number of nitrogens with zero attached hydrogens (tertiary/aromatic N) is 2. The van der Waals surface area contributed by atoms with Gasteiger partial charge in [-0.05, 0) is 0 Å². The van der Waals surface area contributed by atoms with Gasteiger partial charge in [0.2, 0.25) is 0 Å². The molecule has 2 rings (SSSR count). The monoisotopic (exact) mass is 157 g/mol. The molecule has 0 spiro atoms. The minimum absolute atomic E-state index is 0.604. The van der Waals surface area contributed by atoms with Gasteiger partial charge in [0.05, 0.1) is 5.38 Å². The fourth-order valence-electron chi connectivity index (χ4n) is 0.652. The van der Waals surface area contributed by atoms with Crippen molar-refractivity contribution in [2.75, 3.05) is 0 Å². The maximum atomic E-state index is 5.69. The Kier molecular flexibility index (Phi) is 1.00. The molecule has 0 saturated heterocycles. The van der Waals surface area contributed by atoms with Crippen molar-refractivity contribution >= 4 is 27.9 Å². The zero-order valence-electron chi connectivity index (χ0n) is 4.34. The summed E-state index contributed by atoms with van der Waals surface area (Å²) in [5.41, 5.74) is 0. The Labute approximate surface area is 60.7 Å². The van der Waals surface area contributed by atoms with Crippen LogP contribution in [-0.4, -0.2) is 9.38 Å². The first-order valence-corrected chi connectivity index (χ1v) is 3.56. The van der Waals surface area contributed by atoms with Crippen LogP contribution in [0.2, 0.25) is 5.15 Å². The Morgan fingerprint density at radius 3 is 3.44 bits per heavy atom. The topological polar surface area (TPSA) is 17.3 Å². The molecule has 0 aliphatic heterocycles. The van der Waals surface area contributed by atoms with Crippen molar-refractivity contribution in [3.8, 4) is 0 Å². The van der Waals surface area contributed by atoms with Gasteiger partial charge < -0.3 is 0 Å². The predicted octanol–water partition coefficient (Wildman–Crippen LogP) is 1.85. The van der Waals surface area contributed by atoms with Gasteiger partial charge in [-0.1, -0.05) is 22.9 Å². The summed E-state index contributed by atoms with van der Waals surface area (Å²) in [6, 6.07) is 0. The molecule has 0 aromatic carbocycles. The average molecular weight is 158 g/mol. The maximum absolute atomic E-state index is 5.69. The first kappa shape index (κ1) is 5.26. The zero-order valence-corrected chi connectivity index (χ0v) is 5.91. The van der Waals surface area contributed by atoms with Crippen molar-refractivity contribution in [3.05, 3.63) is 22.9 Å². The van der Waals surface area contributed by atoms with Crippen molar-refractivity contribution in [1.29, 1.82) is 0 Å². The number of thiazole rings is 1. The minimum Gasteiger partial charge on any atom is -0.280 e. The zero-order chi connectivity index (χ0) is 6.27. The van der Waals surface area contributed by atoms with E-state index in [4.69, 9.17) is 11.6 Å². The fourth-order valence-corrected chi connectivity index (χ4v) is 1.59. The third-order valence-corrected chi connectivity index (χ3v) is 2.21. The predicted molar refractivity (Wildman–Crippen MR) is 36.9 cm³/mol. The second kappa shape index (κ2) is 1.72. The summed E-state index contributed by atoms with van der Waals surface area (Å²) in [4.78, 5) is 4.89. The lowest BCUT2D eigenvalue weighted by molar-refractivity contribution is 1.23. The van der Waals surface area contributed by atoms with Gasteiger partial charge in [-0.2, -0.15) is 0 Å². The molecule has 0 aliphatic rings. The Hall–Kier alpha value is -0.540. The number of halogens is 1. The number of hydrogen-bond donors (Lipinski definition) is 0. The second-order valence-electron chi connectivity index (χ2n) is 1.57. The van der Waals surface area contributed by atoms with Crippen LogP contribution in [0.25, 0.3) is 4.96 Å². The lowest BCUT2D eigenvalue weighted by atomic mass is 10.9. The Morgan fingerprint density at radius 1 is 1.78 bits per heavy atom. The van der Waals surface area contributed by atoms with Gasteiger partial charge in [0.25, 0.3) is 0 Å². The average Bonchev–Trinajstić information content (AvgIpc) is 2.35. The number of hydrogen-bond acceptors (Lipinski definition) is 2. The molecular weight excluding hydrogens is 156 g/mol. The molecule has 4 heteroatoms. The molecule has 0 saturated carbocycles. The lowest BCUT2D eigenvalue weighted by Gasteiger charge is -1.79. The van der Waals surface area contributed by atoms with Crippen molar-refractivity contribution in [1.82, 2.24) is 9.38 Å². The third kappa shape index (κ3) is 0.653. The highest BCUT2D eigenvalue weighted by Crippen LogP contribution is 2.17. The van der Waals surface area contributed by atoms with Crippen molar-refractivity contribution in [3.63, 3.8) is 0 Å². The first-order chi connectivity index (χ1) is 4.38. The summed E-state index contributed by atoms with van der Waals surface area (Å²) in [5.74, 6) is 0. The van der Waals surface area contributed by atoms with Gasteiger partial charge in [-0.3, -0.25) is 4.40 Å². The summed E-state index contributed by atoms with van der Waals surface area (Å²) >= 11 is 7.11. The van der Waals surface area contributed by atoms with E-state index in [-0.39, 0.29) is 0 Å². The quantitative estimate of drug-likeness (QED) is 0.571. The number of aromatic nitrogens is 2. The Bertz CT molecular complexity index is 324. The van der Waals surface area contributed by atoms with Crippen LogP contribution in [0.15, 0.2) is 12.4 Å². The molecule has 0 atom stereocenters. The van der Waals surface area contributed by atoms with E-state index in [0.717, 1.165) is 4.96 Å². The van der Waals surface area contributed by atoms with Crippen LogP contribution >= 0.6 is 22.9 Å². The molecule has 2 nitrogen and oxygen atoms in total. The molecule has 2 heterocycles. The van der Waals surface area contributed by atoms with E-state index in [1.165, 1.54) is 11.3 Å². The van der Waals surface area contributed by atoms with Crippen LogP contribution in [0.1, 0.15) is 0 Å². The number of rotatable bonds is 0. The van der Waals surface area contributed by atoms with E-state index in [9.17, 15) is 0 Å². The third-order valence-electron chi connectivity index (χ3n) is 1.04. The molecule has 0 fully saturated rings. The van der Waals surface area contributed by atoms with Crippen LogP contribution in [0, 0.1) is 5.38 Å². The van der Waals surface area contributed by atoms with E-state index < -0.39 is 0 Å². The fraction of sp³-hybridized carbons (Fsp3) is 0. The van der Waals surface area contributed by atoms with Crippen LogP contribution in [0.3, 0.4) is 0 Å². The molecule has 0 aliphatic carbocycles. The summed E-state index contributed by atoms with van der Waals surface area (Å²) < 4.78 is 1.78. The molecule has 0 N–H and O–H groups in total. The van der Waals surface area contributed by atoms with E-state index >= 15 is 0 Å². The molecule has 0 unspecified atom stereocenters. The summed E-state index contributed by atoms with van der Waals surface area (Å²) in [6.45, 7) is 0. The molecule has 9 heavy (non-hydrogen) atoms. The number of fused-ring (bicyclic) bond motifs is 1. The van der Waals surface area contributed by atoms with Gasteiger partial charge in [0, 0.05) is 12.4 Å². The van der Waals surface area contributed by atoms with Gasteiger partial charge in [-0.25, -0.2) is 4.98 Å². The molecule has 0 amide bonds. The van der Waals surface area contributed by atoms with E-state index in [0.29, 0.717) is 5.15 Å². The largest absolute Gasteiger partial charge is 0.280 e. The van der Waals surface area contributed by atoms with Crippen molar-refractivity contribution in [2.24, 2.45) is 0 Å². The van der Waals surface area contributed by atoms with Gasteiger partial charge in [0.1, 0.15) is 5.15 Å². The molecular formula is C5H2ClN2S. The molecule has 0 bridgehead atoms. The normalized spacial score (nSPS) is 10.8. The maximum Gasteiger partial charge on any atom is 0.195 e. The van der Waals surface area contributed by atoms with Crippen LogP contribution in [0.5, 0.6) is 0 Å². The van der Waals surface area contributed by atoms with E-state index in [1.807, 2.05) is 6.20 Å². The number of imidazole rings is 1. The molecule has 2 aromatic rings. The lowest BCUT2D eigenvalue weighted by Crippen LogP contribution is -1.71.